The minimum absolute atomic E-state index is 0.0871. The third-order valence-electron chi connectivity index (χ3n) is 2.36. The number of rotatable bonds is 5. The van der Waals surface area contributed by atoms with Crippen molar-refractivity contribution in [3.8, 4) is 0 Å². The summed E-state index contributed by atoms with van der Waals surface area (Å²) in [6.07, 6.45) is 0.606. The lowest BCUT2D eigenvalue weighted by Gasteiger charge is -2.21. The molecule has 76 valence electrons. The fraction of sp³-hybridized carbons (Fsp3) is 0.778. The van der Waals surface area contributed by atoms with Crippen molar-refractivity contribution in [1.82, 2.24) is 0 Å². The smallest absolute Gasteiger partial charge is 0.320 e. The molecule has 0 aliphatic heterocycles. The Morgan fingerprint density at radius 2 is 1.92 bits per heavy atom. The molecule has 0 aromatic carbocycles. The lowest BCUT2D eigenvalue weighted by atomic mass is 9.82. The molecule has 4 heteroatoms. The molecule has 0 aliphatic carbocycles. The Hall–Kier alpha value is -0.900. The Kier molecular flexibility index (Phi) is 4.07. The first-order valence-electron chi connectivity index (χ1n) is 4.33. The van der Waals surface area contributed by atoms with Crippen LogP contribution in [0.5, 0.6) is 0 Å². The van der Waals surface area contributed by atoms with Crippen LogP contribution in [0.2, 0.25) is 0 Å². The van der Waals surface area contributed by atoms with Gasteiger partial charge >= 0.3 is 5.97 Å². The molecule has 1 atom stereocenters. The van der Waals surface area contributed by atoms with E-state index in [1.807, 2.05) is 6.92 Å². The molecule has 0 aliphatic rings. The number of hydrogen-bond donors (Lipinski definition) is 2. The molecule has 0 aromatic rings. The number of aliphatic carboxylic acids is 1. The van der Waals surface area contributed by atoms with Gasteiger partial charge in [0.05, 0.1) is 0 Å². The number of carbonyl (C=O) groups excluding carboxylic acids is 1. The highest BCUT2D eigenvalue weighted by atomic mass is 16.4. The van der Waals surface area contributed by atoms with Crippen LogP contribution < -0.4 is 5.73 Å². The summed E-state index contributed by atoms with van der Waals surface area (Å²) in [5, 5.41) is 8.49. The maximum atomic E-state index is 11.5. The van der Waals surface area contributed by atoms with Crippen molar-refractivity contribution in [1.29, 1.82) is 0 Å². The summed E-state index contributed by atoms with van der Waals surface area (Å²) >= 11 is 0. The van der Waals surface area contributed by atoms with Crippen LogP contribution in [0.3, 0.4) is 0 Å². The van der Waals surface area contributed by atoms with Gasteiger partial charge < -0.3 is 10.8 Å². The first kappa shape index (κ1) is 12.1. The summed E-state index contributed by atoms with van der Waals surface area (Å²) in [6, 6.07) is -1.07. The number of hydrogen-bond acceptors (Lipinski definition) is 3. The van der Waals surface area contributed by atoms with E-state index in [0.29, 0.717) is 6.42 Å². The maximum Gasteiger partial charge on any atom is 0.320 e. The van der Waals surface area contributed by atoms with E-state index in [4.69, 9.17) is 10.8 Å². The topological polar surface area (TPSA) is 80.4 Å². The van der Waals surface area contributed by atoms with Crippen LogP contribution >= 0.6 is 0 Å². The molecule has 1 unspecified atom stereocenters. The molecule has 0 heterocycles. The number of carboxylic acids is 1. The molecular formula is C9H17NO3. The average Bonchev–Trinajstić information content (AvgIpc) is 2.04. The van der Waals surface area contributed by atoms with Crippen LogP contribution in [0.25, 0.3) is 0 Å². The fourth-order valence-electron chi connectivity index (χ4n) is 0.761. The van der Waals surface area contributed by atoms with E-state index < -0.39 is 17.4 Å². The minimum atomic E-state index is -1.12. The molecule has 13 heavy (non-hydrogen) atoms. The summed E-state index contributed by atoms with van der Waals surface area (Å²) in [4.78, 5) is 21.8. The number of ketones is 1. The van der Waals surface area contributed by atoms with E-state index in [9.17, 15) is 9.59 Å². The van der Waals surface area contributed by atoms with E-state index in [1.54, 1.807) is 13.8 Å². The highest BCUT2D eigenvalue weighted by Crippen LogP contribution is 2.22. The average molecular weight is 187 g/mol. The largest absolute Gasteiger partial charge is 0.480 e. The maximum absolute atomic E-state index is 11.5. The van der Waals surface area contributed by atoms with Gasteiger partial charge in [-0.25, -0.2) is 0 Å². The molecule has 0 aromatic heterocycles. The number of nitrogens with two attached hydrogens (primary N) is 1. The van der Waals surface area contributed by atoms with Gasteiger partial charge in [-0.2, -0.15) is 0 Å². The molecule has 0 radical (unpaired) electrons. The van der Waals surface area contributed by atoms with Gasteiger partial charge in [-0.15, -0.1) is 0 Å². The van der Waals surface area contributed by atoms with Crippen molar-refractivity contribution in [3.05, 3.63) is 0 Å². The van der Waals surface area contributed by atoms with Crippen LogP contribution in [0, 0.1) is 5.41 Å². The summed E-state index contributed by atoms with van der Waals surface area (Å²) in [5.41, 5.74) is 4.78. The molecule has 0 saturated carbocycles. The van der Waals surface area contributed by atoms with Gasteiger partial charge in [0.25, 0.3) is 0 Å². The third kappa shape index (κ3) is 3.55. The summed E-state index contributed by atoms with van der Waals surface area (Å²) in [5.74, 6) is -1.22. The van der Waals surface area contributed by atoms with E-state index >= 15 is 0 Å². The highest BCUT2D eigenvalue weighted by molar-refractivity contribution is 5.89. The van der Waals surface area contributed by atoms with Crippen molar-refractivity contribution in [3.63, 3.8) is 0 Å². The van der Waals surface area contributed by atoms with Crippen LogP contribution in [-0.2, 0) is 9.59 Å². The second kappa shape index (κ2) is 4.37. The zero-order valence-electron chi connectivity index (χ0n) is 8.33. The van der Waals surface area contributed by atoms with Crippen molar-refractivity contribution in [2.75, 3.05) is 0 Å². The van der Waals surface area contributed by atoms with Gasteiger partial charge in [0.2, 0.25) is 0 Å². The molecule has 0 saturated heterocycles. The lowest BCUT2D eigenvalue weighted by Crippen LogP contribution is -2.36. The van der Waals surface area contributed by atoms with Crippen LogP contribution in [0.15, 0.2) is 0 Å². The summed E-state index contributed by atoms with van der Waals surface area (Å²) < 4.78 is 0. The molecule has 3 N–H and O–H groups in total. The van der Waals surface area contributed by atoms with E-state index in [-0.39, 0.29) is 12.2 Å². The van der Waals surface area contributed by atoms with Gasteiger partial charge in [0.15, 0.2) is 0 Å². The van der Waals surface area contributed by atoms with Gasteiger partial charge in [-0.3, -0.25) is 9.59 Å². The van der Waals surface area contributed by atoms with Crippen LogP contribution in [-0.4, -0.2) is 22.9 Å². The van der Waals surface area contributed by atoms with Crippen LogP contribution in [0.1, 0.15) is 33.6 Å². The van der Waals surface area contributed by atoms with Gasteiger partial charge in [0.1, 0.15) is 11.8 Å². The normalized spacial score (nSPS) is 13.8. The molecular weight excluding hydrogens is 170 g/mol. The predicted octanol–water partition coefficient (Wildman–Crippen LogP) is 0.794. The third-order valence-corrected chi connectivity index (χ3v) is 2.36. The van der Waals surface area contributed by atoms with Crippen LogP contribution in [0.4, 0.5) is 0 Å². The Bertz CT molecular complexity index is 211. The first-order chi connectivity index (χ1) is 5.81. The predicted molar refractivity (Wildman–Crippen MR) is 49.3 cm³/mol. The Morgan fingerprint density at radius 1 is 1.46 bits per heavy atom. The van der Waals surface area contributed by atoms with Crippen molar-refractivity contribution in [2.45, 2.75) is 39.7 Å². The van der Waals surface area contributed by atoms with Crippen molar-refractivity contribution in [2.24, 2.45) is 11.1 Å². The van der Waals surface area contributed by atoms with Gasteiger partial charge in [-0.1, -0.05) is 20.8 Å². The molecule has 0 spiro atoms. The monoisotopic (exact) mass is 187 g/mol. The highest BCUT2D eigenvalue weighted by Gasteiger charge is 2.28. The summed E-state index contributed by atoms with van der Waals surface area (Å²) in [6.45, 7) is 5.48. The van der Waals surface area contributed by atoms with Crippen molar-refractivity contribution < 1.29 is 14.7 Å². The Balaban J connectivity index is 4.23. The summed E-state index contributed by atoms with van der Waals surface area (Å²) in [7, 11) is 0. The second-order valence-corrected chi connectivity index (χ2v) is 3.81. The van der Waals surface area contributed by atoms with Crippen molar-refractivity contribution >= 4 is 11.8 Å². The van der Waals surface area contributed by atoms with E-state index in [0.717, 1.165) is 0 Å². The lowest BCUT2D eigenvalue weighted by molar-refractivity contribution is -0.141. The fourth-order valence-corrected chi connectivity index (χ4v) is 0.761. The zero-order valence-corrected chi connectivity index (χ0v) is 8.33. The number of carboxylic acid groups (broad SMARTS) is 1. The minimum Gasteiger partial charge on any atom is -0.480 e. The zero-order chi connectivity index (χ0) is 10.6. The van der Waals surface area contributed by atoms with Gasteiger partial charge in [-0.05, 0) is 6.42 Å². The van der Waals surface area contributed by atoms with E-state index in [2.05, 4.69) is 0 Å². The van der Waals surface area contributed by atoms with Gasteiger partial charge in [0, 0.05) is 11.8 Å². The van der Waals surface area contributed by atoms with E-state index in [1.165, 1.54) is 0 Å². The molecule has 0 rings (SSSR count). The number of Topliss-reactive ketones (excluding diaryl/α,β-unsaturated/α-hetero) is 1. The Labute approximate surface area is 78.1 Å². The second-order valence-electron chi connectivity index (χ2n) is 3.81. The molecule has 0 amide bonds. The first-order valence-corrected chi connectivity index (χ1v) is 4.33. The molecule has 0 bridgehead atoms. The molecule has 0 fully saturated rings. The standard InChI is InChI=1S/C9H17NO3/c1-4-9(2,3)7(11)5-6(10)8(12)13/h6H,4-5,10H2,1-3H3,(H,12,13). The Morgan fingerprint density at radius 3 is 2.23 bits per heavy atom. The molecule has 4 nitrogen and oxygen atoms in total. The quantitative estimate of drug-likeness (QED) is 0.667. The number of carbonyl (C=O) groups is 2. The SMILES string of the molecule is CCC(C)(C)C(=O)CC(N)C(=O)O.